The second-order valence-electron chi connectivity index (χ2n) is 6.37. The molecule has 7 nitrogen and oxygen atoms in total. The van der Waals surface area contributed by atoms with Gasteiger partial charge < -0.3 is 14.9 Å². The number of aliphatic carboxylic acids is 1. The van der Waals surface area contributed by atoms with E-state index in [0.29, 0.717) is 24.3 Å². The van der Waals surface area contributed by atoms with Crippen LogP contribution in [0.4, 0.5) is 5.69 Å². The van der Waals surface area contributed by atoms with Crippen LogP contribution in [0.25, 0.3) is 0 Å². The predicted octanol–water partition coefficient (Wildman–Crippen LogP) is 2.53. The number of nitrogens with zero attached hydrogens (tertiary/aromatic N) is 2. The molecule has 1 aromatic carbocycles. The van der Waals surface area contributed by atoms with E-state index in [1.807, 2.05) is 24.3 Å². The Hall–Kier alpha value is -2.67. The molecule has 132 valence electrons. The summed E-state index contributed by atoms with van der Waals surface area (Å²) < 4.78 is 4.91. The van der Waals surface area contributed by atoms with Crippen molar-refractivity contribution >= 4 is 17.6 Å². The fourth-order valence-corrected chi connectivity index (χ4v) is 3.01. The average molecular weight is 343 g/mol. The van der Waals surface area contributed by atoms with Crippen LogP contribution in [0.15, 0.2) is 34.9 Å². The predicted molar refractivity (Wildman–Crippen MR) is 91.3 cm³/mol. The summed E-state index contributed by atoms with van der Waals surface area (Å²) in [6.45, 7) is 4.01. The average Bonchev–Trinajstić information content (AvgIpc) is 3.02. The number of aromatic nitrogens is 1. The number of benzene rings is 1. The monoisotopic (exact) mass is 343 g/mol. The maximum Gasteiger partial charge on any atom is 0.306 e. The molecular formula is C18H21N3O4. The minimum atomic E-state index is -0.701. The molecular weight excluding hydrogens is 322 g/mol. The van der Waals surface area contributed by atoms with Crippen LogP contribution in [0, 0.1) is 12.8 Å². The van der Waals surface area contributed by atoms with Gasteiger partial charge in [-0.2, -0.15) is 0 Å². The number of amides is 1. The Labute approximate surface area is 145 Å². The second kappa shape index (κ2) is 7.48. The number of nitrogens with one attached hydrogen (secondary N) is 1. The van der Waals surface area contributed by atoms with E-state index in [4.69, 9.17) is 9.63 Å². The molecule has 7 heteroatoms. The Kier molecular flexibility index (Phi) is 5.14. The molecule has 1 aliphatic heterocycles. The topological polar surface area (TPSA) is 95.7 Å². The maximum absolute atomic E-state index is 12.1. The van der Waals surface area contributed by atoms with Crippen LogP contribution in [-0.4, -0.2) is 40.1 Å². The number of carbonyl (C=O) groups is 2. The molecule has 1 aliphatic rings. The summed E-state index contributed by atoms with van der Waals surface area (Å²) in [6, 6.07) is 9.23. The molecule has 2 N–H and O–H groups in total. The van der Waals surface area contributed by atoms with Crippen molar-refractivity contribution in [1.82, 2.24) is 10.1 Å². The molecule has 2 aromatic rings. The van der Waals surface area contributed by atoms with Crippen molar-refractivity contribution in [3.05, 3.63) is 47.3 Å². The lowest BCUT2D eigenvalue weighted by molar-refractivity contribution is -0.143. The SMILES string of the molecule is Cc1cc(C(=O)Nc2cccc(CN3CCC(C(=O)O)CC3)c2)no1. The normalized spacial score (nSPS) is 15.9. The molecule has 0 bridgehead atoms. The van der Waals surface area contributed by atoms with E-state index in [0.717, 1.165) is 25.2 Å². The molecule has 1 saturated heterocycles. The van der Waals surface area contributed by atoms with Crippen LogP contribution in [-0.2, 0) is 11.3 Å². The van der Waals surface area contributed by atoms with Gasteiger partial charge in [0.2, 0.25) is 0 Å². The van der Waals surface area contributed by atoms with Gasteiger partial charge in [-0.3, -0.25) is 14.5 Å². The first-order chi connectivity index (χ1) is 12.0. The van der Waals surface area contributed by atoms with E-state index in [9.17, 15) is 9.59 Å². The highest BCUT2D eigenvalue weighted by Crippen LogP contribution is 2.20. The molecule has 25 heavy (non-hydrogen) atoms. The Morgan fingerprint density at radius 1 is 1.32 bits per heavy atom. The molecule has 1 aromatic heterocycles. The van der Waals surface area contributed by atoms with E-state index in [1.54, 1.807) is 13.0 Å². The van der Waals surface area contributed by atoms with Gasteiger partial charge in [-0.05, 0) is 50.6 Å². The van der Waals surface area contributed by atoms with E-state index >= 15 is 0 Å². The van der Waals surface area contributed by atoms with Crippen molar-refractivity contribution in [2.24, 2.45) is 5.92 Å². The lowest BCUT2D eigenvalue weighted by Gasteiger charge is -2.30. The third kappa shape index (κ3) is 4.45. The number of carbonyl (C=O) groups excluding carboxylic acids is 1. The Morgan fingerprint density at radius 2 is 2.08 bits per heavy atom. The number of rotatable bonds is 5. The highest BCUT2D eigenvalue weighted by Gasteiger charge is 2.24. The summed E-state index contributed by atoms with van der Waals surface area (Å²) in [5.74, 6) is -0.653. The Bertz CT molecular complexity index is 763. The lowest BCUT2D eigenvalue weighted by Crippen LogP contribution is -2.35. The third-order valence-corrected chi connectivity index (χ3v) is 4.39. The number of anilines is 1. The summed E-state index contributed by atoms with van der Waals surface area (Å²) in [7, 11) is 0. The molecule has 0 spiro atoms. The van der Waals surface area contributed by atoms with Crippen LogP contribution in [0.2, 0.25) is 0 Å². The van der Waals surface area contributed by atoms with Gasteiger partial charge in [-0.15, -0.1) is 0 Å². The minimum absolute atomic E-state index is 0.229. The molecule has 0 radical (unpaired) electrons. The van der Waals surface area contributed by atoms with Crippen LogP contribution in [0.1, 0.15) is 34.7 Å². The first-order valence-electron chi connectivity index (χ1n) is 8.30. The van der Waals surface area contributed by atoms with Gasteiger partial charge >= 0.3 is 5.97 Å². The number of piperidine rings is 1. The molecule has 1 fully saturated rings. The van der Waals surface area contributed by atoms with E-state index in [-0.39, 0.29) is 17.5 Å². The lowest BCUT2D eigenvalue weighted by atomic mass is 9.97. The van der Waals surface area contributed by atoms with Gasteiger partial charge in [0.15, 0.2) is 5.69 Å². The van der Waals surface area contributed by atoms with Crippen molar-refractivity contribution in [3.63, 3.8) is 0 Å². The van der Waals surface area contributed by atoms with Gasteiger partial charge in [0, 0.05) is 18.3 Å². The molecule has 0 unspecified atom stereocenters. The zero-order chi connectivity index (χ0) is 17.8. The van der Waals surface area contributed by atoms with Gasteiger partial charge in [-0.25, -0.2) is 0 Å². The Balaban J connectivity index is 1.58. The fourth-order valence-electron chi connectivity index (χ4n) is 3.01. The van der Waals surface area contributed by atoms with Crippen LogP contribution >= 0.6 is 0 Å². The smallest absolute Gasteiger partial charge is 0.306 e. The molecule has 0 atom stereocenters. The summed E-state index contributed by atoms with van der Waals surface area (Å²) in [5, 5.41) is 15.6. The van der Waals surface area contributed by atoms with Gasteiger partial charge in [0.05, 0.1) is 5.92 Å². The highest BCUT2D eigenvalue weighted by molar-refractivity contribution is 6.02. The zero-order valence-corrected chi connectivity index (χ0v) is 14.1. The number of carboxylic acids is 1. The quantitative estimate of drug-likeness (QED) is 0.866. The van der Waals surface area contributed by atoms with Crippen molar-refractivity contribution in [2.75, 3.05) is 18.4 Å². The van der Waals surface area contributed by atoms with Gasteiger partial charge in [0.25, 0.3) is 5.91 Å². The van der Waals surface area contributed by atoms with Crippen LogP contribution in [0.5, 0.6) is 0 Å². The highest BCUT2D eigenvalue weighted by atomic mass is 16.5. The number of hydrogen-bond acceptors (Lipinski definition) is 5. The standard InChI is InChI=1S/C18H21N3O4/c1-12-9-16(20-25-12)17(22)19-15-4-2-3-13(10-15)11-21-7-5-14(6-8-21)18(23)24/h2-4,9-10,14H,5-8,11H2,1H3,(H,19,22)(H,23,24). The first kappa shape index (κ1) is 17.2. The fraction of sp³-hybridized carbons (Fsp3) is 0.389. The van der Waals surface area contributed by atoms with Crippen LogP contribution < -0.4 is 5.32 Å². The van der Waals surface area contributed by atoms with E-state index in [1.165, 1.54) is 0 Å². The zero-order valence-electron chi connectivity index (χ0n) is 14.1. The van der Waals surface area contributed by atoms with E-state index in [2.05, 4.69) is 15.4 Å². The van der Waals surface area contributed by atoms with Crippen LogP contribution in [0.3, 0.4) is 0 Å². The number of carboxylic acid groups (broad SMARTS) is 1. The van der Waals surface area contributed by atoms with Gasteiger partial charge in [0.1, 0.15) is 5.76 Å². The number of likely N-dealkylation sites (tertiary alicyclic amines) is 1. The third-order valence-electron chi connectivity index (χ3n) is 4.39. The summed E-state index contributed by atoms with van der Waals surface area (Å²) in [5.41, 5.74) is 2.02. The summed E-state index contributed by atoms with van der Waals surface area (Å²) in [4.78, 5) is 25.4. The van der Waals surface area contributed by atoms with Crippen molar-refractivity contribution < 1.29 is 19.2 Å². The number of aryl methyl sites for hydroxylation is 1. The molecule has 3 rings (SSSR count). The maximum atomic E-state index is 12.1. The molecule has 2 heterocycles. The minimum Gasteiger partial charge on any atom is -0.481 e. The van der Waals surface area contributed by atoms with Crippen molar-refractivity contribution in [1.29, 1.82) is 0 Å². The van der Waals surface area contributed by atoms with Crippen molar-refractivity contribution in [3.8, 4) is 0 Å². The largest absolute Gasteiger partial charge is 0.481 e. The van der Waals surface area contributed by atoms with Crippen molar-refractivity contribution in [2.45, 2.75) is 26.3 Å². The summed E-state index contributed by atoms with van der Waals surface area (Å²) in [6.07, 6.45) is 1.36. The summed E-state index contributed by atoms with van der Waals surface area (Å²) >= 11 is 0. The first-order valence-corrected chi connectivity index (χ1v) is 8.30. The number of hydrogen-bond donors (Lipinski definition) is 2. The molecule has 0 saturated carbocycles. The molecule has 0 aliphatic carbocycles. The van der Waals surface area contributed by atoms with Gasteiger partial charge in [-0.1, -0.05) is 17.3 Å². The Morgan fingerprint density at radius 3 is 2.72 bits per heavy atom. The van der Waals surface area contributed by atoms with E-state index < -0.39 is 5.97 Å². The molecule has 1 amide bonds. The second-order valence-corrected chi connectivity index (χ2v) is 6.37.